The lowest BCUT2D eigenvalue weighted by Crippen LogP contribution is -2.50. The molecule has 4 atom stereocenters. The maximum absolute atomic E-state index is 13.9. The topological polar surface area (TPSA) is 139 Å². The summed E-state index contributed by atoms with van der Waals surface area (Å²) in [4.78, 5) is 55.5. The lowest BCUT2D eigenvalue weighted by atomic mass is 9.88. The van der Waals surface area contributed by atoms with E-state index in [0.717, 1.165) is 42.5 Å². The number of benzene rings is 1. The smallest absolute Gasteiger partial charge is 0.234 e. The standard InChI is InChI=1S/C33H46N4O7/c1-21(34-30(39)18-37-10-12-42-13-11-37)29(38)17-25(14-24-8-9-27-26(15-24)19-43-22(2)35-27)32(41)36-28(16-23-6-4-5-7-23)31(40)33(3)20-44-33/h8-9,15,21,23,25,28,35H,2,4-7,10-14,16-20H2,1,3H3,(H,34,39)(H,36,41). The number of carbonyl (C=O) groups is 4. The fourth-order valence-electron chi connectivity index (χ4n) is 6.38. The molecule has 11 heteroatoms. The third-order valence-corrected chi connectivity index (χ3v) is 9.25. The van der Waals surface area contributed by atoms with Crippen molar-refractivity contribution < 1.29 is 33.4 Å². The van der Waals surface area contributed by atoms with Crippen LogP contribution in [0.1, 0.15) is 63.5 Å². The number of anilines is 1. The number of Topliss-reactive ketones (excluding diaryl/α,β-unsaturated/α-hetero) is 2. The van der Waals surface area contributed by atoms with Gasteiger partial charge < -0.3 is 30.2 Å². The van der Waals surface area contributed by atoms with Gasteiger partial charge in [0.1, 0.15) is 12.2 Å². The Hall–Kier alpha value is -3.28. The Morgan fingerprint density at radius 1 is 1.14 bits per heavy atom. The molecule has 0 radical (unpaired) electrons. The van der Waals surface area contributed by atoms with Crippen LogP contribution in [0.15, 0.2) is 30.7 Å². The van der Waals surface area contributed by atoms with Crippen LogP contribution >= 0.6 is 0 Å². The zero-order chi connectivity index (χ0) is 31.3. The van der Waals surface area contributed by atoms with Crippen LogP contribution in [0.2, 0.25) is 0 Å². The number of nitrogens with one attached hydrogen (secondary N) is 3. The molecule has 4 aliphatic rings. The van der Waals surface area contributed by atoms with Crippen LogP contribution in [0.4, 0.5) is 5.69 Å². The highest BCUT2D eigenvalue weighted by Crippen LogP contribution is 2.34. The van der Waals surface area contributed by atoms with E-state index in [1.807, 2.05) is 23.1 Å². The summed E-state index contributed by atoms with van der Waals surface area (Å²) in [5, 5.41) is 8.95. The van der Waals surface area contributed by atoms with E-state index < -0.39 is 23.6 Å². The van der Waals surface area contributed by atoms with Gasteiger partial charge in [-0.05, 0) is 50.8 Å². The van der Waals surface area contributed by atoms with Crippen LogP contribution in [0.5, 0.6) is 0 Å². The van der Waals surface area contributed by atoms with Gasteiger partial charge in [0.05, 0.1) is 38.4 Å². The molecule has 1 aromatic rings. The Labute approximate surface area is 259 Å². The van der Waals surface area contributed by atoms with E-state index in [1.54, 1.807) is 13.8 Å². The first-order valence-corrected chi connectivity index (χ1v) is 15.9. The van der Waals surface area contributed by atoms with E-state index in [2.05, 4.69) is 22.5 Å². The van der Waals surface area contributed by atoms with Gasteiger partial charge in [-0.1, -0.05) is 37.8 Å². The van der Waals surface area contributed by atoms with Crippen molar-refractivity contribution in [2.45, 2.75) is 83.1 Å². The van der Waals surface area contributed by atoms with Crippen LogP contribution in [0, 0.1) is 11.8 Å². The molecule has 4 unspecified atom stereocenters. The summed E-state index contributed by atoms with van der Waals surface area (Å²) in [5.41, 5.74) is 1.82. The lowest BCUT2D eigenvalue weighted by Gasteiger charge is -2.27. The summed E-state index contributed by atoms with van der Waals surface area (Å²) in [7, 11) is 0. The molecule has 1 aromatic carbocycles. The number of nitrogens with zero attached hydrogens (tertiary/aromatic N) is 1. The number of ketones is 2. The Morgan fingerprint density at radius 3 is 2.57 bits per heavy atom. The Kier molecular flexibility index (Phi) is 10.4. The van der Waals surface area contributed by atoms with Crippen molar-refractivity contribution in [1.29, 1.82) is 0 Å². The summed E-state index contributed by atoms with van der Waals surface area (Å²) in [6.07, 6.45) is 5.12. The molecule has 0 bridgehead atoms. The molecule has 240 valence electrons. The normalized spacial score (nSPS) is 23.8. The van der Waals surface area contributed by atoms with E-state index in [1.165, 1.54) is 0 Å². The second kappa shape index (κ2) is 14.2. The lowest BCUT2D eigenvalue weighted by molar-refractivity contribution is -0.134. The molecule has 3 heterocycles. The highest BCUT2D eigenvalue weighted by molar-refractivity contribution is 5.98. The summed E-state index contributed by atoms with van der Waals surface area (Å²) >= 11 is 0. The van der Waals surface area contributed by atoms with E-state index >= 15 is 0 Å². The number of hydrogen-bond acceptors (Lipinski definition) is 9. The molecule has 3 N–H and O–H groups in total. The molecule has 2 saturated heterocycles. The van der Waals surface area contributed by atoms with Gasteiger partial charge in [0.15, 0.2) is 17.4 Å². The largest absolute Gasteiger partial charge is 0.475 e. The van der Waals surface area contributed by atoms with Crippen LogP contribution in [-0.2, 0) is 46.4 Å². The second-order valence-corrected chi connectivity index (χ2v) is 12.9. The molecule has 44 heavy (non-hydrogen) atoms. The number of fused-ring (bicyclic) bond motifs is 1. The molecule has 2 amide bonds. The van der Waals surface area contributed by atoms with Crippen molar-refractivity contribution in [2.24, 2.45) is 11.8 Å². The maximum atomic E-state index is 13.9. The highest BCUT2D eigenvalue weighted by atomic mass is 16.6. The first-order valence-electron chi connectivity index (χ1n) is 15.9. The molecule has 3 fully saturated rings. The summed E-state index contributed by atoms with van der Waals surface area (Å²) in [6, 6.07) is 4.37. The SMILES string of the molecule is C=C1Nc2ccc(CC(CC(=O)C(C)NC(=O)CN3CCOCC3)C(=O)NC(CC3CCCC3)C(=O)C3(C)CO3)cc2CO1. The first kappa shape index (κ1) is 32.1. The molecule has 11 nitrogen and oxygen atoms in total. The van der Waals surface area contributed by atoms with Gasteiger partial charge in [-0.25, -0.2) is 0 Å². The number of carbonyl (C=O) groups excluding carboxylic acids is 4. The van der Waals surface area contributed by atoms with Gasteiger partial charge in [-0.2, -0.15) is 0 Å². The quantitative estimate of drug-likeness (QED) is 0.271. The van der Waals surface area contributed by atoms with Gasteiger partial charge >= 0.3 is 0 Å². The second-order valence-electron chi connectivity index (χ2n) is 12.9. The van der Waals surface area contributed by atoms with Crippen molar-refractivity contribution in [1.82, 2.24) is 15.5 Å². The average molecular weight is 611 g/mol. The van der Waals surface area contributed by atoms with E-state index in [4.69, 9.17) is 14.2 Å². The summed E-state index contributed by atoms with van der Waals surface area (Å²) < 4.78 is 16.3. The molecular weight excluding hydrogens is 564 g/mol. The zero-order valence-electron chi connectivity index (χ0n) is 26.0. The Morgan fingerprint density at radius 2 is 1.86 bits per heavy atom. The van der Waals surface area contributed by atoms with E-state index in [-0.39, 0.29) is 36.3 Å². The molecule has 0 spiro atoms. The molecule has 1 aliphatic carbocycles. The van der Waals surface area contributed by atoms with E-state index in [9.17, 15) is 19.2 Å². The van der Waals surface area contributed by atoms with Gasteiger partial charge in [-0.15, -0.1) is 0 Å². The van der Waals surface area contributed by atoms with Crippen LogP contribution in [0.25, 0.3) is 0 Å². The van der Waals surface area contributed by atoms with Crippen molar-refractivity contribution in [3.8, 4) is 0 Å². The highest BCUT2D eigenvalue weighted by Gasteiger charge is 2.50. The fraction of sp³-hybridized carbons (Fsp3) is 0.636. The molecule has 0 aromatic heterocycles. The van der Waals surface area contributed by atoms with Crippen LogP contribution in [-0.4, -0.2) is 85.4 Å². The van der Waals surface area contributed by atoms with Gasteiger partial charge in [-0.3, -0.25) is 24.1 Å². The molecule has 1 saturated carbocycles. The zero-order valence-corrected chi connectivity index (χ0v) is 26.0. The molecular formula is C33H46N4O7. The minimum Gasteiger partial charge on any atom is -0.475 e. The predicted molar refractivity (Wildman–Crippen MR) is 164 cm³/mol. The van der Waals surface area contributed by atoms with Gasteiger partial charge in [0.2, 0.25) is 11.8 Å². The fourth-order valence-corrected chi connectivity index (χ4v) is 6.38. The summed E-state index contributed by atoms with van der Waals surface area (Å²) in [6.45, 7) is 10.6. The van der Waals surface area contributed by atoms with Crippen molar-refractivity contribution >= 4 is 29.1 Å². The van der Waals surface area contributed by atoms with Gasteiger partial charge in [0, 0.05) is 36.7 Å². The number of epoxide rings is 1. The van der Waals surface area contributed by atoms with E-state index in [0.29, 0.717) is 64.2 Å². The summed E-state index contributed by atoms with van der Waals surface area (Å²) in [5.74, 6) is -0.817. The first-order chi connectivity index (χ1) is 21.1. The number of amides is 2. The predicted octanol–water partition coefficient (Wildman–Crippen LogP) is 2.48. The Balaban J connectivity index is 1.29. The number of hydrogen-bond donors (Lipinski definition) is 3. The minimum absolute atomic E-state index is 0.0778. The third-order valence-electron chi connectivity index (χ3n) is 9.25. The number of morpholine rings is 1. The third kappa shape index (κ3) is 8.46. The van der Waals surface area contributed by atoms with Crippen LogP contribution in [0.3, 0.4) is 0 Å². The maximum Gasteiger partial charge on any atom is 0.234 e. The minimum atomic E-state index is -0.864. The van der Waals surface area contributed by atoms with Crippen molar-refractivity contribution in [3.05, 3.63) is 41.8 Å². The molecule has 5 rings (SSSR count). The van der Waals surface area contributed by atoms with Crippen molar-refractivity contribution in [3.63, 3.8) is 0 Å². The average Bonchev–Trinajstić information content (AvgIpc) is 3.54. The monoisotopic (exact) mass is 610 g/mol. The Bertz CT molecular complexity index is 1250. The number of ether oxygens (including phenoxy) is 3. The van der Waals surface area contributed by atoms with Gasteiger partial charge in [0.25, 0.3) is 0 Å². The van der Waals surface area contributed by atoms with Crippen molar-refractivity contribution in [2.75, 3.05) is 44.8 Å². The van der Waals surface area contributed by atoms with Crippen LogP contribution < -0.4 is 16.0 Å². The number of rotatable bonds is 14. The molecule has 3 aliphatic heterocycles.